The van der Waals surface area contributed by atoms with E-state index in [1.807, 2.05) is 115 Å². The zero-order valence-corrected chi connectivity index (χ0v) is 20.2. The first kappa shape index (κ1) is 24.0. The summed E-state index contributed by atoms with van der Waals surface area (Å²) in [6.45, 7) is 0.108. The summed E-state index contributed by atoms with van der Waals surface area (Å²) in [5.74, 6) is -1.15. The molecule has 4 heteroatoms. The molecule has 0 spiro atoms. The molecule has 182 valence electrons. The van der Waals surface area contributed by atoms with Crippen molar-refractivity contribution >= 4 is 22.7 Å². The molecule has 5 rings (SSSR count). The maximum atomic E-state index is 13.1. The lowest BCUT2D eigenvalue weighted by Gasteiger charge is -2.18. The maximum Gasteiger partial charge on any atom is 0.348 e. The Morgan fingerprint density at radius 2 is 1.22 bits per heavy atom. The minimum absolute atomic E-state index is 0.108. The van der Waals surface area contributed by atoms with Gasteiger partial charge in [0, 0.05) is 6.42 Å². The zero-order chi connectivity index (χ0) is 25.5. The van der Waals surface area contributed by atoms with Gasteiger partial charge in [-0.15, -0.1) is 0 Å². The molecule has 0 aromatic heterocycles. The molecule has 5 aromatic carbocycles. The van der Waals surface area contributed by atoms with E-state index in [1.54, 1.807) is 12.1 Å². The summed E-state index contributed by atoms with van der Waals surface area (Å²) in [6, 6.07) is 40.5. The van der Waals surface area contributed by atoms with Crippen LogP contribution in [0.1, 0.15) is 21.5 Å². The third-order valence-electron chi connectivity index (χ3n) is 6.20. The van der Waals surface area contributed by atoms with Gasteiger partial charge < -0.3 is 9.47 Å². The average Bonchev–Trinajstić information content (AvgIpc) is 2.96. The van der Waals surface area contributed by atoms with Crippen LogP contribution in [-0.2, 0) is 27.3 Å². The molecule has 0 aliphatic rings. The summed E-state index contributed by atoms with van der Waals surface area (Å²) >= 11 is 0. The molecular weight excluding hydrogens is 460 g/mol. The molecule has 0 unspecified atom stereocenters. The van der Waals surface area contributed by atoms with Crippen molar-refractivity contribution in [1.29, 1.82) is 0 Å². The molecule has 5 aromatic rings. The largest absolute Gasteiger partial charge is 0.458 e. The minimum Gasteiger partial charge on any atom is -0.458 e. The molecule has 0 aliphatic carbocycles. The van der Waals surface area contributed by atoms with Crippen LogP contribution in [0.25, 0.3) is 21.9 Å². The quantitative estimate of drug-likeness (QED) is 0.221. The zero-order valence-electron chi connectivity index (χ0n) is 20.2. The molecule has 0 saturated heterocycles. The Balaban J connectivity index is 1.34. The normalized spacial score (nSPS) is 11.6. The van der Waals surface area contributed by atoms with Crippen molar-refractivity contribution in [3.05, 3.63) is 144 Å². The third kappa shape index (κ3) is 6.11. The van der Waals surface area contributed by atoms with Crippen molar-refractivity contribution in [3.63, 3.8) is 0 Å². The van der Waals surface area contributed by atoms with Gasteiger partial charge in [-0.05, 0) is 45.2 Å². The van der Waals surface area contributed by atoms with Gasteiger partial charge in [0.1, 0.15) is 6.61 Å². The van der Waals surface area contributed by atoms with E-state index in [4.69, 9.17) is 9.47 Å². The highest BCUT2D eigenvalue weighted by Crippen LogP contribution is 2.21. The van der Waals surface area contributed by atoms with E-state index in [0.29, 0.717) is 5.56 Å². The van der Waals surface area contributed by atoms with E-state index in [-0.39, 0.29) is 13.0 Å². The van der Waals surface area contributed by atoms with Crippen LogP contribution in [0.2, 0.25) is 0 Å². The number of ether oxygens (including phenoxy) is 2. The third-order valence-corrected chi connectivity index (χ3v) is 6.20. The highest BCUT2D eigenvalue weighted by molar-refractivity contribution is 5.92. The number of fused-ring (bicyclic) bond motifs is 1. The van der Waals surface area contributed by atoms with Gasteiger partial charge in [-0.2, -0.15) is 0 Å². The van der Waals surface area contributed by atoms with E-state index in [1.165, 1.54) is 0 Å². The predicted molar refractivity (Wildman–Crippen MR) is 145 cm³/mol. The van der Waals surface area contributed by atoms with Gasteiger partial charge in [-0.3, -0.25) is 0 Å². The number of carbonyl (C=O) groups excluding carboxylic acids is 2. The fraction of sp³-hybridized carbons (Fsp3) is 0.0909. The molecule has 0 N–H and O–H groups in total. The van der Waals surface area contributed by atoms with Crippen LogP contribution in [0, 0.1) is 0 Å². The number of benzene rings is 5. The monoisotopic (exact) mass is 486 g/mol. The fourth-order valence-electron chi connectivity index (χ4n) is 4.20. The van der Waals surface area contributed by atoms with Crippen molar-refractivity contribution in [2.45, 2.75) is 19.1 Å². The van der Waals surface area contributed by atoms with Gasteiger partial charge in [0.05, 0.1) is 5.56 Å². The molecule has 0 aliphatic heterocycles. The van der Waals surface area contributed by atoms with Crippen LogP contribution in [0.4, 0.5) is 0 Å². The van der Waals surface area contributed by atoms with Gasteiger partial charge >= 0.3 is 11.9 Å². The first-order chi connectivity index (χ1) is 18.2. The van der Waals surface area contributed by atoms with Crippen molar-refractivity contribution in [3.8, 4) is 11.1 Å². The van der Waals surface area contributed by atoms with Gasteiger partial charge in [0.2, 0.25) is 6.10 Å². The van der Waals surface area contributed by atoms with Gasteiger partial charge in [-0.25, -0.2) is 9.59 Å². The lowest BCUT2D eigenvalue weighted by molar-refractivity contribution is -0.155. The predicted octanol–water partition coefficient (Wildman–Crippen LogP) is 7.02. The van der Waals surface area contributed by atoms with E-state index < -0.39 is 18.0 Å². The summed E-state index contributed by atoms with van der Waals surface area (Å²) in [5, 5.41) is 2.16. The second-order valence-corrected chi connectivity index (χ2v) is 8.82. The van der Waals surface area contributed by atoms with Crippen LogP contribution in [0.15, 0.2) is 127 Å². The molecular formula is C33H26O4. The Morgan fingerprint density at radius 1 is 0.595 bits per heavy atom. The topological polar surface area (TPSA) is 52.6 Å². The lowest BCUT2D eigenvalue weighted by Crippen LogP contribution is -2.31. The maximum absolute atomic E-state index is 13.1. The molecule has 0 bridgehead atoms. The van der Waals surface area contributed by atoms with Crippen LogP contribution in [0.5, 0.6) is 0 Å². The number of esters is 2. The Hall–Kier alpha value is -4.70. The Morgan fingerprint density at radius 3 is 1.95 bits per heavy atom. The summed E-state index contributed by atoms with van der Waals surface area (Å²) in [5.41, 5.74) is 4.17. The highest BCUT2D eigenvalue weighted by Gasteiger charge is 2.26. The molecule has 0 saturated carbocycles. The second kappa shape index (κ2) is 11.4. The van der Waals surface area contributed by atoms with E-state index >= 15 is 0 Å². The van der Waals surface area contributed by atoms with Crippen LogP contribution >= 0.6 is 0 Å². The molecule has 0 radical (unpaired) electrons. The average molecular weight is 487 g/mol. The summed E-state index contributed by atoms with van der Waals surface area (Å²) in [6.07, 6.45) is -0.863. The first-order valence-electron chi connectivity index (χ1n) is 12.2. The van der Waals surface area contributed by atoms with E-state index in [9.17, 15) is 9.59 Å². The van der Waals surface area contributed by atoms with E-state index in [0.717, 1.165) is 33.0 Å². The number of rotatable bonds is 8. The van der Waals surface area contributed by atoms with Crippen molar-refractivity contribution < 1.29 is 19.1 Å². The Kier molecular flexibility index (Phi) is 7.37. The lowest BCUT2D eigenvalue weighted by atomic mass is 10.0. The van der Waals surface area contributed by atoms with Crippen molar-refractivity contribution in [2.24, 2.45) is 0 Å². The van der Waals surface area contributed by atoms with Crippen LogP contribution < -0.4 is 0 Å². The highest BCUT2D eigenvalue weighted by atomic mass is 16.6. The number of hydrogen-bond acceptors (Lipinski definition) is 4. The fourth-order valence-corrected chi connectivity index (χ4v) is 4.20. The smallest absolute Gasteiger partial charge is 0.348 e. The van der Waals surface area contributed by atoms with Gasteiger partial charge in [0.25, 0.3) is 0 Å². The van der Waals surface area contributed by atoms with Crippen molar-refractivity contribution in [1.82, 2.24) is 0 Å². The molecule has 0 fully saturated rings. The van der Waals surface area contributed by atoms with Gasteiger partial charge in [0.15, 0.2) is 0 Å². The standard InChI is InChI=1S/C33H26O4/c34-32(29-19-17-28(18-20-29)26-11-5-2-6-12-26)37-31(33(35)36-23-24-9-3-1-4-10-24)22-25-15-16-27-13-7-8-14-30(27)21-25/h1-21,31H,22-23H2/t31-/m1/s1. The van der Waals surface area contributed by atoms with Crippen LogP contribution in [0.3, 0.4) is 0 Å². The molecule has 37 heavy (non-hydrogen) atoms. The Bertz CT molecular complexity index is 1490. The SMILES string of the molecule is O=C(O[C@H](Cc1ccc2ccccc2c1)C(=O)OCc1ccccc1)c1ccc(-c2ccccc2)cc1. The van der Waals surface area contributed by atoms with Gasteiger partial charge in [-0.1, -0.05) is 115 Å². The second-order valence-electron chi connectivity index (χ2n) is 8.82. The van der Waals surface area contributed by atoms with E-state index in [2.05, 4.69) is 0 Å². The number of carbonyl (C=O) groups is 2. The molecule has 4 nitrogen and oxygen atoms in total. The summed E-state index contributed by atoms with van der Waals surface area (Å²) in [4.78, 5) is 26.1. The van der Waals surface area contributed by atoms with Crippen LogP contribution in [-0.4, -0.2) is 18.0 Å². The summed E-state index contributed by atoms with van der Waals surface area (Å²) in [7, 11) is 0. The molecule has 1 atom stereocenters. The first-order valence-corrected chi connectivity index (χ1v) is 12.2. The molecule has 0 amide bonds. The minimum atomic E-state index is -1.08. The summed E-state index contributed by atoms with van der Waals surface area (Å²) < 4.78 is 11.3. The Labute approximate surface area is 216 Å². The van der Waals surface area contributed by atoms with Crippen molar-refractivity contribution in [2.75, 3.05) is 0 Å². The molecule has 0 heterocycles. The number of hydrogen-bond donors (Lipinski definition) is 0.